The average molecular weight is 395 g/mol. The summed E-state index contributed by atoms with van der Waals surface area (Å²) in [7, 11) is 0. The molecule has 7 heteroatoms. The van der Waals surface area contributed by atoms with Crippen LogP contribution in [0.4, 0.5) is 5.13 Å². The summed E-state index contributed by atoms with van der Waals surface area (Å²) in [5.74, 6) is -0.268. The first-order valence-electron chi connectivity index (χ1n) is 7.47. The molecule has 3 rings (SSSR count). The second-order valence-corrected chi connectivity index (χ2v) is 8.05. The van der Waals surface area contributed by atoms with E-state index >= 15 is 0 Å². The third-order valence-electron chi connectivity index (χ3n) is 4.11. The van der Waals surface area contributed by atoms with Gasteiger partial charge in [0.05, 0.1) is 5.69 Å². The van der Waals surface area contributed by atoms with E-state index < -0.39 is 5.54 Å². The Hall–Kier alpha value is -1.28. The van der Waals surface area contributed by atoms with Gasteiger partial charge in [0, 0.05) is 15.4 Å². The molecule has 1 unspecified atom stereocenters. The molecule has 1 aromatic carbocycles. The van der Waals surface area contributed by atoms with Gasteiger partial charge in [0.1, 0.15) is 5.54 Å². The number of aryl methyl sites for hydroxylation is 1. The zero-order valence-corrected chi connectivity index (χ0v) is 15.2. The molecule has 1 amide bonds. The third-order valence-corrected chi connectivity index (χ3v) is 5.68. The predicted octanol–water partition coefficient (Wildman–Crippen LogP) is 2.53. The number of amides is 1. The molecule has 5 nitrogen and oxygen atoms in total. The van der Waals surface area contributed by atoms with Crippen molar-refractivity contribution in [3.63, 3.8) is 0 Å². The van der Waals surface area contributed by atoms with E-state index in [0.29, 0.717) is 5.13 Å². The SMILES string of the molecule is CC(N)(C(=O)Nc1nc2c(s1)C[C@@H](N)CC2)c1ccc(Br)cc1. The number of carbonyl (C=O) groups excluding carboxylic acids is 1. The van der Waals surface area contributed by atoms with Crippen molar-refractivity contribution < 1.29 is 4.79 Å². The van der Waals surface area contributed by atoms with Gasteiger partial charge >= 0.3 is 0 Å². The average Bonchev–Trinajstić information content (AvgIpc) is 2.89. The van der Waals surface area contributed by atoms with Gasteiger partial charge in [-0.15, -0.1) is 11.3 Å². The second kappa shape index (κ2) is 6.32. The number of benzene rings is 1. The van der Waals surface area contributed by atoms with Crippen LogP contribution < -0.4 is 16.8 Å². The van der Waals surface area contributed by atoms with Crippen molar-refractivity contribution in [3.8, 4) is 0 Å². The van der Waals surface area contributed by atoms with Gasteiger partial charge in [0.15, 0.2) is 5.13 Å². The van der Waals surface area contributed by atoms with Crippen LogP contribution in [0.25, 0.3) is 0 Å². The van der Waals surface area contributed by atoms with Crippen LogP contribution in [-0.2, 0) is 23.2 Å². The van der Waals surface area contributed by atoms with Crippen LogP contribution in [0.15, 0.2) is 28.7 Å². The monoisotopic (exact) mass is 394 g/mol. The Morgan fingerprint density at radius 1 is 1.43 bits per heavy atom. The summed E-state index contributed by atoms with van der Waals surface area (Å²) < 4.78 is 0.946. The van der Waals surface area contributed by atoms with Crippen molar-refractivity contribution in [1.29, 1.82) is 0 Å². The maximum absolute atomic E-state index is 12.6. The van der Waals surface area contributed by atoms with Crippen LogP contribution in [0, 0.1) is 0 Å². The highest BCUT2D eigenvalue weighted by Gasteiger charge is 2.31. The number of aromatic nitrogens is 1. The minimum absolute atomic E-state index is 0.189. The van der Waals surface area contributed by atoms with Crippen LogP contribution in [0.2, 0.25) is 0 Å². The van der Waals surface area contributed by atoms with Gasteiger partial charge in [-0.05, 0) is 43.9 Å². The van der Waals surface area contributed by atoms with Crippen LogP contribution >= 0.6 is 27.3 Å². The summed E-state index contributed by atoms with van der Waals surface area (Å²) >= 11 is 4.88. The molecule has 0 saturated carbocycles. The largest absolute Gasteiger partial charge is 0.327 e. The topological polar surface area (TPSA) is 94.0 Å². The Morgan fingerprint density at radius 2 is 2.13 bits per heavy atom. The van der Waals surface area contributed by atoms with E-state index in [0.717, 1.165) is 35.0 Å². The molecule has 1 aliphatic carbocycles. The van der Waals surface area contributed by atoms with Crippen molar-refractivity contribution in [2.24, 2.45) is 11.5 Å². The number of fused-ring (bicyclic) bond motifs is 1. The summed E-state index contributed by atoms with van der Waals surface area (Å²) in [4.78, 5) is 18.3. The van der Waals surface area contributed by atoms with Gasteiger partial charge in [0.25, 0.3) is 5.91 Å². The number of anilines is 1. The van der Waals surface area contributed by atoms with Crippen molar-refractivity contribution in [1.82, 2.24) is 4.98 Å². The molecule has 0 fully saturated rings. The number of nitrogens with zero attached hydrogens (tertiary/aromatic N) is 1. The van der Waals surface area contributed by atoms with Crippen LogP contribution in [0.5, 0.6) is 0 Å². The lowest BCUT2D eigenvalue weighted by Gasteiger charge is -2.23. The molecule has 0 spiro atoms. The summed E-state index contributed by atoms with van der Waals surface area (Å²) in [5, 5.41) is 3.46. The standard InChI is InChI=1S/C16H19BrN4OS/c1-16(19,9-2-4-10(17)5-3-9)14(22)21-15-20-12-7-6-11(18)8-13(12)23-15/h2-5,11H,6-8,18-19H2,1H3,(H,20,21,22)/t11-,16?/m0/s1. The highest BCUT2D eigenvalue weighted by Crippen LogP contribution is 2.30. The summed E-state index contributed by atoms with van der Waals surface area (Å²) in [6.07, 6.45) is 2.64. The molecule has 122 valence electrons. The maximum atomic E-state index is 12.6. The highest BCUT2D eigenvalue weighted by molar-refractivity contribution is 9.10. The van der Waals surface area contributed by atoms with Crippen molar-refractivity contribution in [2.45, 2.75) is 37.8 Å². The molecule has 0 aliphatic heterocycles. The molecule has 0 bridgehead atoms. The number of rotatable bonds is 3. The zero-order valence-electron chi connectivity index (χ0n) is 12.8. The third kappa shape index (κ3) is 3.47. The number of thiazole rings is 1. The first kappa shape index (κ1) is 16.6. The van der Waals surface area contributed by atoms with E-state index in [4.69, 9.17) is 11.5 Å². The zero-order chi connectivity index (χ0) is 16.6. The maximum Gasteiger partial charge on any atom is 0.250 e. The van der Waals surface area contributed by atoms with Gasteiger partial charge in [-0.2, -0.15) is 0 Å². The molecule has 1 aliphatic rings. The van der Waals surface area contributed by atoms with Crippen LogP contribution in [-0.4, -0.2) is 16.9 Å². The number of carbonyl (C=O) groups is 1. The lowest BCUT2D eigenvalue weighted by Crippen LogP contribution is -2.45. The summed E-state index contributed by atoms with van der Waals surface area (Å²) in [6, 6.07) is 7.62. The molecular formula is C16H19BrN4OS. The molecule has 1 heterocycles. The molecule has 0 radical (unpaired) electrons. The Labute approximate surface area is 147 Å². The number of nitrogens with one attached hydrogen (secondary N) is 1. The van der Waals surface area contributed by atoms with Crippen LogP contribution in [0.1, 0.15) is 29.5 Å². The van der Waals surface area contributed by atoms with Gasteiger partial charge in [-0.25, -0.2) is 4.98 Å². The highest BCUT2D eigenvalue weighted by atomic mass is 79.9. The normalized spacial score (nSPS) is 19.7. The first-order valence-corrected chi connectivity index (χ1v) is 9.08. The van der Waals surface area contributed by atoms with E-state index in [1.807, 2.05) is 24.3 Å². The number of halogens is 1. The molecule has 23 heavy (non-hydrogen) atoms. The van der Waals surface area contributed by atoms with Crippen molar-refractivity contribution in [2.75, 3.05) is 5.32 Å². The lowest BCUT2D eigenvalue weighted by atomic mass is 9.92. The Bertz CT molecular complexity index is 726. The van der Waals surface area contributed by atoms with Gasteiger partial charge in [0.2, 0.25) is 0 Å². The fourth-order valence-corrected chi connectivity index (χ4v) is 3.97. The minimum atomic E-state index is -1.12. The molecule has 0 saturated heterocycles. The van der Waals surface area contributed by atoms with E-state index in [1.54, 1.807) is 6.92 Å². The van der Waals surface area contributed by atoms with Crippen molar-refractivity contribution >= 4 is 38.3 Å². The van der Waals surface area contributed by atoms with Crippen molar-refractivity contribution in [3.05, 3.63) is 44.9 Å². The van der Waals surface area contributed by atoms with E-state index in [-0.39, 0.29) is 11.9 Å². The van der Waals surface area contributed by atoms with Gasteiger partial charge in [-0.1, -0.05) is 28.1 Å². The van der Waals surface area contributed by atoms with Crippen LogP contribution in [0.3, 0.4) is 0 Å². The molecular weight excluding hydrogens is 376 g/mol. The summed E-state index contributed by atoms with van der Waals surface area (Å²) in [5.41, 5.74) is 12.9. The minimum Gasteiger partial charge on any atom is -0.327 e. The fourth-order valence-electron chi connectivity index (χ4n) is 2.61. The molecule has 2 aromatic rings. The van der Waals surface area contributed by atoms with Gasteiger partial charge < -0.3 is 16.8 Å². The lowest BCUT2D eigenvalue weighted by molar-refractivity contribution is -0.120. The number of nitrogens with two attached hydrogens (primary N) is 2. The van der Waals surface area contributed by atoms with E-state index in [9.17, 15) is 4.79 Å². The summed E-state index contributed by atoms with van der Waals surface area (Å²) in [6.45, 7) is 1.70. The van der Waals surface area contributed by atoms with E-state index in [2.05, 4.69) is 26.2 Å². The second-order valence-electron chi connectivity index (χ2n) is 6.06. The van der Waals surface area contributed by atoms with E-state index in [1.165, 1.54) is 16.2 Å². The van der Waals surface area contributed by atoms with Gasteiger partial charge in [-0.3, -0.25) is 4.79 Å². The Kier molecular flexibility index (Phi) is 4.55. The first-order chi connectivity index (χ1) is 10.9. The smallest absolute Gasteiger partial charge is 0.250 e. The predicted molar refractivity (Wildman–Crippen MR) is 96.4 cm³/mol. The Morgan fingerprint density at radius 3 is 2.83 bits per heavy atom. The quantitative estimate of drug-likeness (QED) is 0.745. The fraction of sp³-hybridized carbons (Fsp3) is 0.375. The number of hydrogen-bond donors (Lipinski definition) is 3. The number of hydrogen-bond acceptors (Lipinski definition) is 5. The Balaban J connectivity index is 1.77. The molecule has 5 N–H and O–H groups in total. The molecule has 1 aromatic heterocycles. The molecule has 2 atom stereocenters.